The van der Waals surface area contributed by atoms with Crippen LogP contribution >= 0.6 is 0 Å². The number of nitrogens with one attached hydrogen (secondary N) is 1. The van der Waals surface area contributed by atoms with E-state index in [0.29, 0.717) is 6.42 Å². The van der Waals surface area contributed by atoms with Crippen molar-refractivity contribution in [2.75, 3.05) is 13.2 Å². The Bertz CT molecular complexity index is 484. The SMILES string of the molecule is C[C@@H]1CCCC[C@]12NC(=O)N(CC(=O)OCC#N)C2=O. The van der Waals surface area contributed by atoms with E-state index >= 15 is 0 Å². The normalized spacial score (nSPS) is 29.2. The summed E-state index contributed by atoms with van der Waals surface area (Å²) in [7, 11) is 0. The molecule has 2 atom stereocenters. The number of rotatable bonds is 3. The fraction of sp³-hybridized carbons (Fsp3) is 0.692. The number of carbonyl (C=O) groups is 3. The molecule has 1 spiro atoms. The molecule has 1 saturated carbocycles. The van der Waals surface area contributed by atoms with E-state index < -0.39 is 24.1 Å². The molecule has 20 heavy (non-hydrogen) atoms. The van der Waals surface area contributed by atoms with Crippen molar-refractivity contribution in [1.29, 1.82) is 5.26 Å². The largest absolute Gasteiger partial charge is 0.449 e. The maximum Gasteiger partial charge on any atom is 0.327 e. The molecule has 0 unspecified atom stereocenters. The minimum absolute atomic E-state index is 0.0489. The minimum atomic E-state index is -0.870. The molecule has 1 aliphatic heterocycles. The predicted octanol–water partition coefficient (Wildman–Crippen LogP) is 0.554. The molecule has 1 heterocycles. The maximum absolute atomic E-state index is 12.5. The lowest BCUT2D eigenvalue weighted by Crippen LogP contribution is -2.54. The summed E-state index contributed by atoms with van der Waals surface area (Å²) in [5.41, 5.74) is -0.870. The van der Waals surface area contributed by atoms with Crippen LogP contribution < -0.4 is 5.32 Å². The zero-order valence-electron chi connectivity index (χ0n) is 11.3. The average molecular weight is 279 g/mol. The maximum atomic E-state index is 12.5. The van der Waals surface area contributed by atoms with Gasteiger partial charge in [-0.2, -0.15) is 5.26 Å². The Morgan fingerprint density at radius 1 is 1.55 bits per heavy atom. The lowest BCUT2D eigenvalue weighted by molar-refractivity contribution is -0.147. The first-order valence-corrected chi connectivity index (χ1v) is 6.68. The molecule has 108 valence electrons. The summed E-state index contributed by atoms with van der Waals surface area (Å²) >= 11 is 0. The molecule has 7 nitrogen and oxygen atoms in total. The molecule has 2 rings (SSSR count). The van der Waals surface area contributed by atoms with Gasteiger partial charge in [0.1, 0.15) is 18.2 Å². The van der Waals surface area contributed by atoms with Crippen LogP contribution in [0.5, 0.6) is 0 Å². The van der Waals surface area contributed by atoms with Crippen LogP contribution in [-0.2, 0) is 14.3 Å². The molecule has 0 radical (unpaired) electrons. The highest BCUT2D eigenvalue weighted by molar-refractivity contribution is 6.08. The Balaban J connectivity index is 2.09. The van der Waals surface area contributed by atoms with E-state index in [0.717, 1.165) is 24.2 Å². The summed E-state index contributed by atoms with van der Waals surface area (Å²) in [5, 5.41) is 11.1. The third-order valence-electron chi connectivity index (χ3n) is 4.09. The number of hydrogen-bond donors (Lipinski definition) is 1. The van der Waals surface area contributed by atoms with Crippen LogP contribution in [-0.4, -0.2) is 41.5 Å². The number of carbonyl (C=O) groups excluding carboxylic acids is 3. The third-order valence-corrected chi connectivity index (χ3v) is 4.09. The van der Waals surface area contributed by atoms with Crippen molar-refractivity contribution < 1.29 is 19.1 Å². The molecule has 1 N–H and O–H groups in total. The van der Waals surface area contributed by atoms with Crippen LogP contribution in [0, 0.1) is 17.2 Å². The van der Waals surface area contributed by atoms with Gasteiger partial charge in [-0.15, -0.1) is 0 Å². The molecular weight excluding hydrogens is 262 g/mol. The summed E-state index contributed by atoms with van der Waals surface area (Å²) in [6, 6.07) is 1.11. The van der Waals surface area contributed by atoms with Crippen molar-refractivity contribution in [2.45, 2.75) is 38.1 Å². The second kappa shape index (κ2) is 5.49. The van der Waals surface area contributed by atoms with E-state index in [2.05, 4.69) is 10.1 Å². The van der Waals surface area contributed by atoms with Crippen LogP contribution in [0.25, 0.3) is 0 Å². The molecule has 1 aliphatic carbocycles. The predicted molar refractivity (Wildman–Crippen MR) is 67.2 cm³/mol. The Morgan fingerprint density at radius 3 is 2.95 bits per heavy atom. The number of nitrogens with zero attached hydrogens (tertiary/aromatic N) is 2. The number of urea groups is 1. The second-order valence-corrected chi connectivity index (χ2v) is 5.26. The average Bonchev–Trinajstić information content (AvgIpc) is 2.65. The summed E-state index contributed by atoms with van der Waals surface area (Å²) in [6.45, 7) is 1.11. The van der Waals surface area contributed by atoms with Crippen LogP contribution in [0.1, 0.15) is 32.6 Å². The summed E-state index contributed by atoms with van der Waals surface area (Å²) in [5.74, 6) is -1.06. The first-order valence-electron chi connectivity index (χ1n) is 6.68. The van der Waals surface area contributed by atoms with Gasteiger partial charge >= 0.3 is 12.0 Å². The molecule has 0 aromatic rings. The molecule has 1 saturated heterocycles. The number of esters is 1. The van der Waals surface area contributed by atoms with Gasteiger partial charge < -0.3 is 10.1 Å². The van der Waals surface area contributed by atoms with E-state index in [-0.39, 0.29) is 18.4 Å². The van der Waals surface area contributed by atoms with Crippen molar-refractivity contribution in [2.24, 2.45) is 5.92 Å². The van der Waals surface area contributed by atoms with Gasteiger partial charge in [0.25, 0.3) is 5.91 Å². The topological polar surface area (TPSA) is 99.5 Å². The van der Waals surface area contributed by atoms with E-state index in [1.807, 2.05) is 6.92 Å². The minimum Gasteiger partial charge on any atom is -0.449 e. The summed E-state index contributed by atoms with van der Waals surface area (Å²) in [4.78, 5) is 36.8. The number of imide groups is 1. The molecular formula is C13H17N3O4. The first-order chi connectivity index (χ1) is 9.51. The fourth-order valence-corrected chi connectivity index (χ4v) is 2.93. The lowest BCUT2D eigenvalue weighted by atomic mass is 9.73. The number of nitriles is 1. The molecule has 7 heteroatoms. The van der Waals surface area contributed by atoms with Gasteiger partial charge in [0, 0.05) is 0 Å². The van der Waals surface area contributed by atoms with Crippen molar-refractivity contribution >= 4 is 17.9 Å². The second-order valence-electron chi connectivity index (χ2n) is 5.26. The number of hydrogen-bond acceptors (Lipinski definition) is 5. The quantitative estimate of drug-likeness (QED) is 0.601. The first kappa shape index (κ1) is 14.3. The van der Waals surface area contributed by atoms with E-state index in [1.165, 1.54) is 0 Å². The fourth-order valence-electron chi connectivity index (χ4n) is 2.93. The summed E-state index contributed by atoms with van der Waals surface area (Å²) < 4.78 is 4.58. The van der Waals surface area contributed by atoms with Crippen LogP contribution in [0.4, 0.5) is 4.79 Å². The molecule has 0 aromatic heterocycles. The Morgan fingerprint density at radius 2 is 2.30 bits per heavy atom. The van der Waals surface area contributed by atoms with Crippen LogP contribution in [0.15, 0.2) is 0 Å². The number of amides is 3. The van der Waals surface area contributed by atoms with Gasteiger partial charge in [0.2, 0.25) is 0 Å². The van der Waals surface area contributed by atoms with Crippen LogP contribution in [0.2, 0.25) is 0 Å². The molecule has 2 aliphatic rings. The zero-order chi connectivity index (χ0) is 14.8. The monoisotopic (exact) mass is 279 g/mol. The number of ether oxygens (including phenoxy) is 1. The Hall–Kier alpha value is -2.10. The standard InChI is InChI=1S/C13H17N3O4/c1-9-4-2-3-5-13(9)11(18)16(12(19)15-13)8-10(17)20-7-6-14/h9H,2-5,7-8H2,1H3,(H,15,19)/t9-,13+/m1/s1. The van der Waals surface area contributed by atoms with E-state index in [4.69, 9.17) is 5.26 Å². The molecule has 2 fully saturated rings. The Kier molecular flexibility index (Phi) is 3.93. The van der Waals surface area contributed by atoms with Gasteiger partial charge in [-0.05, 0) is 18.8 Å². The van der Waals surface area contributed by atoms with Crippen molar-refractivity contribution in [3.05, 3.63) is 0 Å². The van der Waals surface area contributed by atoms with Gasteiger partial charge in [0.15, 0.2) is 6.61 Å². The Labute approximate surface area is 116 Å². The van der Waals surface area contributed by atoms with Gasteiger partial charge in [0.05, 0.1) is 0 Å². The van der Waals surface area contributed by atoms with Gasteiger partial charge in [-0.25, -0.2) is 4.79 Å². The molecule has 3 amide bonds. The van der Waals surface area contributed by atoms with E-state index in [1.54, 1.807) is 6.07 Å². The zero-order valence-corrected chi connectivity index (χ0v) is 11.3. The van der Waals surface area contributed by atoms with Crippen molar-refractivity contribution in [3.63, 3.8) is 0 Å². The van der Waals surface area contributed by atoms with Crippen LogP contribution in [0.3, 0.4) is 0 Å². The van der Waals surface area contributed by atoms with E-state index in [9.17, 15) is 14.4 Å². The lowest BCUT2D eigenvalue weighted by Gasteiger charge is -2.36. The highest BCUT2D eigenvalue weighted by Crippen LogP contribution is 2.38. The van der Waals surface area contributed by atoms with Gasteiger partial charge in [-0.1, -0.05) is 19.8 Å². The molecule has 0 aromatic carbocycles. The highest BCUT2D eigenvalue weighted by Gasteiger charge is 2.55. The highest BCUT2D eigenvalue weighted by atomic mass is 16.5. The molecule has 0 bridgehead atoms. The summed E-state index contributed by atoms with van der Waals surface area (Å²) in [6.07, 6.45) is 3.39. The third kappa shape index (κ3) is 2.33. The van der Waals surface area contributed by atoms with Gasteiger partial charge in [-0.3, -0.25) is 14.5 Å². The smallest absolute Gasteiger partial charge is 0.327 e. The van der Waals surface area contributed by atoms with Crippen molar-refractivity contribution in [1.82, 2.24) is 10.2 Å². The van der Waals surface area contributed by atoms with Crippen molar-refractivity contribution in [3.8, 4) is 6.07 Å².